The predicted molar refractivity (Wildman–Crippen MR) is 68.7 cm³/mol. The Hall–Kier alpha value is -1.58. The molecule has 0 spiro atoms. The molecular weight excluding hydrogens is 314 g/mol. The molecule has 8 nitrogen and oxygen atoms in total. The van der Waals surface area contributed by atoms with Gasteiger partial charge in [-0.3, -0.25) is 13.6 Å². The van der Waals surface area contributed by atoms with Crippen LogP contribution in [0.4, 0.5) is 10.1 Å². The van der Waals surface area contributed by atoms with Crippen LogP contribution in [-0.4, -0.2) is 23.5 Å². The number of benzene rings is 1. The summed E-state index contributed by atoms with van der Waals surface area (Å²) in [7, 11) is -4.79. The first-order chi connectivity index (χ1) is 9.18. The molecule has 1 aromatic heterocycles. The van der Waals surface area contributed by atoms with E-state index in [9.17, 15) is 22.5 Å². The number of rotatable bonds is 3. The fourth-order valence-electron chi connectivity index (χ4n) is 1.60. The maximum Gasteiger partial charge on any atom is 0.361 e. The Balaban J connectivity index is 2.73. The van der Waals surface area contributed by atoms with Gasteiger partial charge in [0.25, 0.3) is 5.56 Å². The van der Waals surface area contributed by atoms with E-state index < -0.39 is 41.2 Å². The van der Waals surface area contributed by atoms with Gasteiger partial charge in [0.05, 0.1) is 11.2 Å². The first-order valence-electron chi connectivity index (χ1n) is 4.97. The van der Waals surface area contributed by atoms with Crippen LogP contribution in [0.15, 0.2) is 23.0 Å². The number of aromatic amines is 1. The smallest absolute Gasteiger partial charge is 0.361 e. The molecule has 0 radical (unpaired) electrons. The predicted octanol–water partition coefficient (Wildman–Crippen LogP) is -0.324. The molecule has 0 aliphatic heterocycles. The summed E-state index contributed by atoms with van der Waals surface area (Å²) in [6.07, 6.45) is 0. The standard InChI is InChI=1S/C9H8FN2O6PS/c10-5-3-6-4(1-7(5)12-20(17)18)2-8(9(13)11-6)19(14,15)16/h1-3,12H,(H,11,13)(H,17,18)(H2,14,15,16)/p-1. The molecule has 0 fully saturated rings. The van der Waals surface area contributed by atoms with Crippen LogP contribution >= 0.6 is 7.60 Å². The van der Waals surface area contributed by atoms with Gasteiger partial charge in [0.15, 0.2) is 0 Å². The van der Waals surface area contributed by atoms with E-state index in [1.165, 1.54) is 0 Å². The molecule has 1 atom stereocenters. The zero-order valence-electron chi connectivity index (χ0n) is 9.49. The molecule has 108 valence electrons. The van der Waals surface area contributed by atoms with Crippen LogP contribution in [0.2, 0.25) is 0 Å². The monoisotopic (exact) mass is 321 g/mol. The minimum Gasteiger partial charge on any atom is -0.755 e. The topological polar surface area (TPSA) is 143 Å². The number of H-pyrrole nitrogens is 1. The van der Waals surface area contributed by atoms with Crippen molar-refractivity contribution in [3.8, 4) is 0 Å². The van der Waals surface area contributed by atoms with Crippen molar-refractivity contribution in [1.29, 1.82) is 0 Å². The van der Waals surface area contributed by atoms with Crippen molar-refractivity contribution in [2.45, 2.75) is 0 Å². The van der Waals surface area contributed by atoms with E-state index in [-0.39, 0.29) is 10.9 Å². The van der Waals surface area contributed by atoms with Crippen LogP contribution in [0.3, 0.4) is 0 Å². The quantitative estimate of drug-likeness (QED) is 0.450. The largest absolute Gasteiger partial charge is 0.755 e. The van der Waals surface area contributed by atoms with E-state index in [1.54, 1.807) is 4.72 Å². The highest BCUT2D eigenvalue weighted by Gasteiger charge is 2.22. The number of halogens is 1. The average Bonchev–Trinajstić information content (AvgIpc) is 2.27. The highest BCUT2D eigenvalue weighted by Crippen LogP contribution is 2.32. The summed E-state index contributed by atoms with van der Waals surface area (Å²) in [5, 5.41) is -0.719. The number of fused-ring (bicyclic) bond motifs is 1. The fraction of sp³-hybridized carbons (Fsp3) is 0. The third-order valence-corrected chi connectivity index (χ3v) is 3.77. The number of hydrogen-bond acceptors (Lipinski definition) is 4. The molecule has 1 aromatic carbocycles. The number of anilines is 1. The van der Waals surface area contributed by atoms with Gasteiger partial charge < -0.3 is 24.0 Å². The fourth-order valence-corrected chi connectivity index (χ4v) is 2.56. The Morgan fingerprint density at radius 2 is 2.00 bits per heavy atom. The van der Waals surface area contributed by atoms with Crippen molar-refractivity contribution in [2.75, 3.05) is 4.72 Å². The highest BCUT2D eigenvalue weighted by atomic mass is 32.2. The molecule has 0 amide bonds. The summed E-state index contributed by atoms with van der Waals surface area (Å²) in [5.41, 5.74) is -1.47. The van der Waals surface area contributed by atoms with E-state index in [4.69, 9.17) is 9.79 Å². The normalized spacial score (nSPS) is 13.4. The lowest BCUT2D eigenvalue weighted by molar-refractivity contribution is 0.387. The SMILES string of the molecule is O=c1[nH]c2cc(F)c(NS(=O)[O-])cc2cc1P(=O)(O)O. The maximum absolute atomic E-state index is 13.5. The van der Waals surface area contributed by atoms with Gasteiger partial charge in [0, 0.05) is 22.7 Å². The molecule has 2 rings (SSSR count). The van der Waals surface area contributed by atoms with Crippen molar-refractivity contribution >= 4 is 40.8 Å². The lowest BCUT2D eigenvalue weighted by Crippen LogP contribution is -2.26. The number of nitrogens with one attached hydrogen (secondary N) is 2. The molecule has 0 aliphatic rings. The molecule has 0 bridgehead atoms. The van der Waals surface area contributed by atoms with Gasteiger partial charge in [0.1, 0.15) is 11.1 Å². The summed E-state index contributed by atoms with van der Waals surface area (Å²) >= 11 is -2.76. The second-order valence-electron chi connectivity index (χ2n) is 3.78. The van der Waals surface area contributed by atoms with Gasteiger partial charge in [-0.05, 0) is 12.1 Å². The molecule has 2 aromatic rings. The molecule has 20 heavy (non-hydrogen) atoms. The molecule has 0 saturated carbocycles. The van der Waals surface area contributed by atoms with Gasteiger partial charge in [-0.25, -0.2) is 4.39 Å². The second-order valence-corrected chi connectivity index (χ2v) is 6.03. The molecule has 11 heteroatoms. The van der Waals surface area contributed by atoms with Crippen molar-refractivity contribution in [3.63, 3.8) is 0 Å². The van der Waals surface area contributed by atoms with E-state index >= 15 is 0 Å². The summed E-state index contributed by atoms with van der Waals surface area (Å²) < 4.78 is 47.4. The van der Waals surface area contributed by atoms with Crippen molar-refractivity contribution in [3.05, 3.63) is 34.4 Å². The summed E-state index contributed by atoms with van der Waals surface area (Å²) in [6.45, 7) is 0. The van der Waals surface area contributed by atoms with Crippen LogP contribution in [0.25, 0.3) is 10.9 Å². The molecule has 0 aliphatic carbocycles. The van der Waals surface area contributed by atoms with E-state index in [1.807, 2.05) is 0 Å². The van der Waals surface area contributed by atoms with Gasteiger partial charge in [-0.2, -0.15) is 0 Å². The van der Waals surface area contributed by atoms with Gasteiger partial charge in [0.2, 0.25) is 0 Å². The summed E-state index contributed by atoms with van der Waals surface area (Å²) in [5.74, 6) is -0.943. The van der Waals surface area contributed by atoms with Crippen molar-refractivity contribution < 1.29 is 27.5 Å². The van der Waals surface area contributed by atoms with Crippen LogP contribution in [0, 0.1) is 5.82 Å². The lowest BCUT2D eigenvalue weighted by Gasteiger charge is -2.11. The highest BCUT2D eigenvalue weighted by molar-refractivity contribution is 7.80. The van der Waals surface area contributed by atoms with Crippen molar-refractivity contribution in [1.82, 2.24) is 4.98 Å². The third-order valence-electron chi connectivity index (χ3n) is 2.42. The average molecular weight is 321 g/mol. The van der Waals surface area contributed by atoms with Gasteiger partial charge in [-0.15, -0.1) is 0 Å². The molecular formula is C9H7FN2O6PS-. The summed E-state index contributed by atoms with van der Waals surface area (Å²) in [6, 6.07) is 2.73. The maximum atomic E-state index is 13.5. The number of aromatic nitrogens is 1. The first-order valence-corrected chi connectivity index (χ1v) is 7.66. The van der Waals surface area contributed by atoms with E-state index in [2.05, 4.69) is 4.98 Å². The third kappa shape index (κ3) is 2.94. The molecule has 0 saturated heterocycles. The van der Waals surface area contributed by atoms with Crippen LogP contribution in [-0.2, 0) is 15.8 Å². The first kappa shape index (κ1) is 14.8. The lowest BCUT2D eigenvalue weighted by atomic mass is 10.2. The van der Waals surface area contributed by atoms with E-state index in [0.717, 1.165) is 18.2 Å². The molecule has 1 unspecified atom stereocenters. The summed E-state index contributed by atoms with van der Waals surface area (Å²) in [4.78, 5) is 31.6. The van der Waals surface area contributed by atoms with E-state index in [0.29, 0.717) is 0 Å². The van der Waals surface area contributed by atoms with Gasteiger partial charge in [-0.1, -0.05) is 0 Å². The number of pyridine rings is 1. The van der Waals surface area contributed by atoms with Crippen LogP contribution in [0.1, 0.15) is 0 Å². The zero-order valence-corrected chi connectivity index (χ0v) is 11.2. The Morgan fingerprint density at radius 3 is 2.55 bits per heavy atom. The van der Waals surface area contributed by atoms with Gasteiger partial charge >= 0.3 is 7.60 Å². The van der Waals surface area contributed by atoms with Crippen LogP contribution < -0.4 is 15.6 Å². The number of hydrogen-bond donors (Lipinski definition) is 4. The Morgan fingerprint density at radius 1 is 1.35 bits per heavy atom. The molecule has 1 heterocycles. The second kappa shape index (κ2) is 5.08. The molecule has 4 N–H and O–H groups in total. The van der Waals surface area contributed by atoms with Crippen LogP contribution in [0.5, 0.6) is 0 Å². The van der Waals surface area contributed by atoms with Crippen molar-refractivity contribution in [2.24, 2.45) is 0 Å². The zero-order chi connectivity index (χ0) is 15.1. The Kier molecular flexibility index (Phi) is 3.76. The Labute approximate surface area is 113 Å². The Bertz CT molecular complexity index is 816. The minimum absolute atomic E-state index is 0.0214. The minimum atomic E-state index is -4.79.